The summed E-state index contributed by atoms with van der Waals surface area (Å²) in [6.45, 7) is 9.00. The molecule has 33 heavy (non-hydrogen) atoms. The Kier molecular flexibility index (Phi) is 11.2. The van der Waals surface area contributed by atoms with E-state index in [-0.39, 0.29) is 24.5 Å². The SMILES string of the molecule is C=C(NC(=O)OC(C)(C)C)[C@H](NC(=O)c1ccc(OC/C=C/C#CCCO)cc1)C(=O)OC. The van der Waals surface area contributed by atoms with Crippen molar-refractivity contribution in [2.75, 3.05) is 20.3 Å². The maximum atomic E-state index is 12.6. The number of hydrogen-bond acceptors (Lipinski definition) is 7. The topological polar surface area (TPSA) is 123 Å². The lowest BCUT2D eigenvalue weighted by Gasteiger charge is -2.23. The predicted octanol–water partition coefficient (Wildman–Crippen LogP) is 2.32. The van der Waals surface area contributed by atoms with Crippen molar-refractivity contribution in [3.63, 3.8) is 0 Å². The van der Waals surface area contributed by atoms with Crippen LogP contribution in [0.4, 0.5) is 4.79 Å². The molecule has 9 nitrogen and oxygen atoms in total. The largest absolute Gasteiger partial charge is 0.490 e. The van der Waals surface area contributed by atoms with E-state index in [4.69, 9.17) is 19.3 Å². The van der Waals surface area contributed by atoms with Crippen molar-refractivity contribution in [1.29, 1.82) is 0 Å². The second-order valence-electron chi connectivity index (χ2n) is 7.61. The molecule has 0 saturated carbocycles. The summed E-state index contributed by atoms with van der Waals surface area (Å²) < 4.78 is 15.4. The number of carbonyl (C=O) groups excluding carboxylic acids is 3. The van der Waals surface area contributed by atoms with Crippen LogP contribution < -0.4 is 15.4 Å². The summed E-state index contributed by atoms with van der Waals surface area (Å²) in [5, 5.41) is 13.5. The Morgan fingerprint density at radius 2 is 1.88 bits per heavy atom. The molecule has 9 heteroatoms. The molecule has 0 heterocycles. The molecule has 0 aliphatic rings. The molecule has 2 amide bonds. The van der Waals surface area contributed by atoms with Gasteiger partial charge in [-0.25, -0.2) is 9.59 Å². The van der Waals surface area contributed by atoms with Gasteiger partial charge in [0.15, 0.2) is 6.04 Å². The molecular formula is C24H30N2O7. The Balaban J connectivity index is 2.72. The fraction of sp³-hybridized carbons (Fsp3) is 0.375. The van der Waals surface area contributed by atoms with E-state index in [1.165, 1.54) is 12.1 Å². The van der Waals surface area contributed by atoms with Crippen LogP contribution in [0.1, 0.15) is 37.6 Å². The number of allylic oxidation sites excluding steroid dienone is 1. The Labute approximate surface area is 193 Å². The second kappa shape index (κ2) is 13.6. The van der Waals surface area contributed by atoms with Gasteiger partial charge in [-0.2, -0.15) is 0 Å². The number of alkyl carbamates (subject to hydrolysis) is 1. The van der Waals surface area contributed by atoms with Crippen molar-refractivity contribution in [3.05, 3.63) is 54.3 Å². The molecule has 0 saturated heterocycles. The van der Waals surface area contributed by atoms with Crippen LogP contribution in [0.3, 0.4) is 0 Å². The van der Waals surface area contributed by atoms with Crippen LogP contribution in [-0.4, -0.2) is 55.0 Å². The van der Waals surface area contributed by atoms with Crippen molar-refractivity contribution in [2.45, 2.75) is 38.8 Å². The van der Waals surface area contributed by atoms with Gasteiger partial charge in [-0.1, -0.05) is 18.4 Å². The number of methoxy groups -OCH3 is 1. The third-order valence-electron chi connectivity index (χ3n) is 3.73. The highest BCUT2D eigenvalue weighted by atomic mass is 16.6. The van der Waals surface area contributed by atoms with E-state index in [1.807, 2.05) is 0 Å². The highest BCUT2D eigenvalue weighted by Gasteiger charge is 2.27. The second-order valence-corrected chi connectivity index (χ2v) is 7.61. The number of amides is 2. The maximum Gasteiger partial charge on any atom is 0.411 e. The first-order valence-electron chi connectivity index (χ1n) is 10.1. The zero-order chi connectivity index (χ0) is 24.9. The average Bonchev–Trinajstić information content (AvgIpc) is 2.75. The van der Waals surface area contributed by atoms with E-state index in [0.717, 1.165) is 7.11 Å². The van der Waals surface area contributed by atoms with Crippen LogP contribution in [0.25, 0.3) is 0 Å². The fourth-order valence-electron chi connectivity index (χ4n) is 2.27. The van der Waals surface area contributed by atoms with Gasteiger partial charge in [0.05, 0.1) is 13.7 Å². The average molecular weight is 459 g/mol. The molecule has 0 unspecified atom stereocenters. The summed E-state index contributed by atoms with van der Waals surface area (Å²) in [6, 6.07) is 4.92. The number of rotatable bonds is 9. The van der Waals surface area contributed by atoms with E-state index in [0.29, 0.717) is 12.2 Å². The lowest BCUT2D eigenvalue weighted by atomic mass is 10.1. The van der Waals surface area contributed by atoms with E-state index >= 15 is 0 Å². The summed E-state index contributed by atoms with van der Waals surface area (Å²) in [5.74, 6) is 4.65. The molecule has 178 valence electrons. The van der Waals surface area contributed by atoms with Crippen molar-refractivity contribution in [1.82, 2.24) is 10.6 Å². The van der Waals surface area contributed by atoms with Crippen LogP contribution in [-0.2, 0) is 14.3 Å². The fourth-order valence-corrected chi connectivity index (χ4v) is 2.27. The normalized spacial score (nSPS) is 11.5. The summed E-state index contributed by atoms with van der Waals surface area (Å²) in [4.78, 5) is 36.7. The van der Waals surface area contributed by atoms with Gasteiger partial charge in [0, 0.05) is 17.7 Å². The molecule has 1 rings (SSSR count). The number of nitrogens with one attached hydrogen (secondary N) is 2. The number of hydrogen-bond donors (Lipinski definition) is 3. The molecule has 0 bridgehead atoms. The Bertz CT molecular complexity index is 919. The zero-order valence-corrected chi connectivity index (χ0v) is 19.3. The van der Waals surface area contributed by atoms with Gasteiger partial charge in [0.1, 0.15) is 18.0 Å². The number of benzene rings is 1. The number of carbonyl (C=O) groups is 3. The van der Waals surface area contributed by atoms with Crippen LogP contribution in [0, 0.1) is 11.8 Å². The zero-order valence-electron chi connectivity index (χ0n) is 19.3. The van der Waals surface area contributed by atoms with E-state index in [2.05, 4.69) is 29.1 Å². The Hall–Kier alpha value is -3.77. The van der Waals surface area contributed by atoms with Crippen LogP contribution in [0.2, 0.25) is 0 Å². The van der Waals surface area contributed by atoms with E-state index in [9.17, 15) is 14.4 Å². The third kappa shape index (κ3) is 10.9. The quantitative estimate of drug-likeness (QED) is 0.383. The van der Waals surface area contributed by atoms with Gasteiger partial charge in [0.25, 0.3) is 5.91 Å². The van der Waals surface area contributed by atoms with Crippen molar-refractivity contribution in [3.8, 4) is 17.6 Å². The number of aliphatic hydroxyl groups is 1. The number of ether oxygens (including phenoxy) is 3. The molecule has 1 atom stereocenters. The number of aliphatic hydroxyl groups excluding tert-OH is 1. The highest BCUT2D eigenvalue weighted by Crippen LogP contribution is 2.13. The van der Waals surface area contributed by atoms with Crippen LogP contribution in [0.15, 0.2) is 48.7 Å². The van der Waals surface area contributed by atoms with Gasteiger partial charge >= 0.3 is 12.1 Å². The maximum absolute atomic E-state index is 12.6. The first kappa shape index (κ1) is 27.3. The molecule has 0 fully saturated rings. The lowest BCUT2D eigenvalue weighted by molar-refractivity contribution is -0.141. The molecule has 0 spiro atoms. The van der Waals surface area contributed by atoms with Crippen LogP contribution in [0.5, 0.6) is 5.75 Å². The lowest BCUT2D eigenvalue weighted by Crippen LogP contribution is -2.47. The molecule has 1 aromatic rings. The molecule has 0 aliphatic carbocycles. The number of esters is 1. The minimum absolute atomic E-state index is 0.0198. The van der Waals surface area contributed by atoms with Crippen molar-refractivity contribution < 1.29 is 33.7 Å². The summed E-state index contributed by atoms with van der Waals surface area (Å²) in [6.07, 6.45) is 2.94. The van der Waals surface area contributed by atoms with Crippen LogP contribution >= 0.6 is 0 Å². The standard InChI is InChI=1S/C24H30N2O7/c1-17(25-23(30)33-24(2,3)4)20(22(29)31-5)26-21(28)18-11-13-19(14-12-18)32-16-10-8-6-7-9-15-27/h8,10-14,20,27H,1,9,15-16H2,2-5H3,(H,25,30)(H,26,28)/b10-8+/t20-/m0/s1. The minimum atomic E-state index is -1.32. The van der Waals surface area contributed by atoms with Gasteiger partial charge in [0.2, 0.25) is 0 Å². The summed E-state index contributed by atoms with van der Waals surface area (Å²) >= 11 is 0. The molecule has 1 aromatic carbocycles. The van der Waals surface area contributed by atoms with E-state index in [1.54, 1.807) is 45.1 Å². The molecule has 0 radical (unpaired) electrons. The van der Waals surface area contributed by atoms with Gasteiger partial charge in [-0.05, 0) is 57.2 Å². The van der Waals surface area contributed by atoms with Gasteiger partial charge in [-0.15, -0.1) is 0 Å². The Morgan fingerprint density at radius 3 is 2.45 bits per heavy atom. The molecule has 3 N–H and O–H groups in total. The Morgan fingerprint density at radius 1 is 1.21 bits per heavy atom. The van der Waals surface area contributed by atoms with E-state index < -0.39 is 29.6 Å². The molecule has 0 aromatic heterocycles. The first-order valence-corrected chi connectivity index (χ1v) is 10.1. The van der Waals surface area contributed by atoms with Gasteiger partial charge in [-0.3, -0.25) is 10.1 Å². The monoisotopic (exact) mass is 458 g/mol. The van der Waals surface area contributed by atoms with Crippen molar-refractivity contribution >= 4 is 18.0 Å². The first-order chi connectivity index (χ1) is 15.6. The molecule has 0 aliphatic heterocycles. The van der Waals surface area contributed by atoms with Crippen molar-refractivity contribution in [2.24, 2.45) is 0 Å². The van der Waals surface area contributed by atoms with Gasteiger partial charge < -0.3 is 24.6 Å². The molecular weight excluding hydrogens is 428 g/mol. The smallest absolute Gasteiger partial charge is 0.411 e. The minimum Gasteiger partial charge on any atom is -0.490 e. The summed E-state index contributed by atoms with van der Waals surface area (Å²) in [5.41, 5.74) is -0.591. The summed E-state index contributed by atoms with van der Waals surface area (Å²) in [7, 11) is 1.15. The highest BCUT2D eigenvalue weighted by molar-refractivity contribution is 5.97. The third-order valence-corrected chi connectivity index (χ3v) is 3.73. The predicted molar refractivity (Wildman–Crippen MR) is 122 cm³/mol.